The Balaban J connectivity index is 0. The van der Waals surface area contributed by atoms with Crippen LogP contribution in [0, 0.1) is 0 Å². The Labute approximate surface area is 126 Å². The molecule has 0 saturated carbocycles. The molecule has 0 saturated heterocycles. The van der Waals surface area contributed by atoms with Crippen molar-refractivity contribution in [2.24, 2.45) is 5.73 Å². The lowest BCUT2D eigenvalue weighted by Gasteiger charge is -2.02. The summed E-state index contributed by atoms with van der Waals surface area (Å²) in [6.45, 7) is 1.03. The van der Waals surface area contributed by atoms with Gasteiger partial charge in [0.05, 0.1) is 6.54 Å². The van der Waals surface area contributed by atoms with Crippen molar-refractivity contribution in [3.05, 3.63) is 28.7 Å². The highest BCUT2D eigenvalue weighted by molar-refractivity contribution is 9.10. The second kappa shape index (κ2) is 11.2. The summed E-state index contributed by atoms with van der Waals surface area (Å²) in [6, 6.07) is 8.14. The summed E-state index contributed by atoms with van der Waals surface area (Å²) in [6.07, 6.45) is 0. The van der Waals surface area contributed by atoms with Crippen molar-refractivity contribution in [3.8, 4) is 0 Å². The lowest BCUT2D eigenvalue weighted by molar-refractivity contribution is -0.117. The predicted octanol–water partition coefficient (Wildman–Crippen LogP) is 2.46. The van der Waals surface area contributed by atoms with E-state index in [1.165, 1.54) is 4.90 Å². The average Bonchev–Trinajstić information content (AvgIpc) is 2.20. The lowest BCUT2D eigenvalue weighted by atomic mass is 10.4. The van der Waals surface area contributed by atoms with Gasteiger partial charge >= 0.3 is 0 Å². The van der Waals surface area contributed by atoms with Crippen molar-refractivity contribution in [3.63, 3.8) is 0 Å². The normalized spacial score (nSPS) is 9.00. The summed E-state index contributed by atoms with van der Waals surface area (Å²) in [7, 11) is 0. The summed E-state index contributed by atoms with van der Waals surface area (Å²) < 4.78 is 1.08. The molecule has 1 rings (SSSR count). The Morgan fingerprint density at radius 3 is 2.41 bits per heavy atom. The number of nitrogens with one attached hydrogen (secondary N) is 1. The van der Waals surface area contributed by atoms with Gasteiger partial charge in [-0.05, 0) is 24.3 Å². The van der Waals surface area contributed by atoms with Gasteiger partial charge in [-0.15, -0.1) is 36.6 Å². The van der Waals surface area contributed by atoms with E-state index in [4.69, 9.17) is 5.73 Å². The molecule has 1 aromatic carbocycles. The zero-order valence-electron chi connectivity index (χ0n) is 9.02. The maximum absolute atomic E-state index is 10.4. The van der Waals surface area contributed by atoms with Crippen LogP contribution in [0.3, 0.4) is 0 Å². The number of benzene rings is 1. The zero-order valence-corrected chi connectivity index (χ0v) is 13.1. The monoisotopic (exact) mass is 360 g/mol. The molecule has 0 aliphatic heterocycles. The van der Waals surface area contributed by atoms with Crippen LogP contribution in [-0.4, -0.2) is 24.7 Å². The van der Waals surface area contributed by atoms with E-state index in [2.05, 4.69) is 33.4 Å². The quantitative estimate of drug-likeness (QED) is 0.604. The van der Waals surface area contributed by atoms with Gasteiger partial charge in [0.15, 0.2) is 0 Å². The fourth-order valence-electron chi connectivity index (χ4n) is 0.983. The molecule has 17 heavy (non-hydrogen) atoms. The minimum absolute atomic E-state index is 0. The zero-order chi connectivity index (χ0) is 11.1. The van der Waals surface area contributed by atoms with Crippen LogP contribution in [0.4, 0.5) is 0 Å². The largest absolute Gasteiger partial charge is 0.369 e. The molecule has 0 fully saturated rings. The summed E-state index contributed by atoms with van der Waals surface area (Å²) in [4.78, 5) is 11.6. The van der Waals surface area contributed by atoms with Crippen LogP contribution in [0.1, 0.15) is 0 Å². The first-order valence-electron chi connectivity index (χ1n) is 4.56. The first-order valence-corrected chi connectivity index (χ1v) is 6.34. The van der Waals surface area contributed by atoms with Gasteiger partial charge < -0.3 is 11.1 Å². The van der Waals surface area contributed by atoms with Crippen LogP contribution >= 0.6 is 52.5 Å². The lowest BCUT2D eigenvalue weighted by Crippen LogP contribution is -2.29. The van der Waals surface area contributed by atoms with Gasteiger partial charge in [0, 0.05) is 21.7 Å². The molecule has 98 valence electrons. The van der Waals surface area contributed by atoms with Gasteiger partial charge in [-0.2, -0.15) is 0 Å². The summed E-state index contributed by atoms with van der Waals surface area (Å²) in [5.41, 5.74) is 4.99. The molecule has 1 amide bonds. The Hall–Kier alpha value is 0.0600. The molecule has 0 aliphatic carbocycles. The van der Waals surface area contributed by atoms with Crippen molar-refractivity contribution in [1.29, 1.82) is 0 Å². The second-order valence-corrected chi connectivity index (χ2v) is 5.03. The molecule has 0 aliphatic rings. The van der Waals surface area contributed by atoms with Crippen molar-refractivity contribution in [2.75, 3.05) is 18.8 Å². The van der Waals surface area contributed by atoms with Gasteiger partial charge in [0.25, 0.3) is 0 Å². The smallest absolute Gasteiger partial charge is 0.231 e. The van der Waals surface area contributed by atoms with E-state index in [9.17, 15) is 4.79 Å². The number of primary amides is 1. The Morgan fingerprint density at radius 2 is 1.88 bits per heavy atom. The molecule has 7 heteroatoms. The molecule has 0 aromatic heterocycles. The number of carbonyl (C=O) groups excluding carboxylic acids is 1. The van der Waals surface area contributed by atoms with Crippen LogP contribution in [-0.2, 0) is 4.79 Å². The summed E-state index contributed by atoms with van der Waals surface area (Å²) in [5.74, 6) is 0.609. The molecule has 3 nitrogen and oxygen atoms in total. The second-order valence-electron chi connectivity index (χ2n) is 2.95. The highest BCUT2D eigenvalue weighted by Crippen LogP contribution is 2.19. The number of halogens is 3. The maximum atomic E-state index is 10.4. The number of hydrogen-bond donors (Lipinski definition) is 2. The first-order chi connectivity index (χ1) is 7.18. The van der Waals surface area contributed by atoms with E-state index in [1.807, 2.05) is 12.1 Å². The van der Waals surface area contributed by atoms with E-state index < -0.39 is 0 Å². The van der Waals surface area contributed by atoms with E-state index in [-0.39, 0.29) is 37.3 Å². The molecule has 0 spiro atoms. The van der Waals surface area contributed by atoms with Crippen LogP contribution in [0.15, 0.2) is 33.6 Å². The molecule has 1 aromatic rings. The van der Waals surface area contributed by atoms with Crippen molar-refractivity contribution >= 4 is 58.4 Å². The SMILES string of the molecule is Cl.Cl.NC(=O)CNCCSc1ccc(Br)cc1. The fourth-order valence-corrected chi connectivity index (χ4v) is 2.06. The van der Waals surface area contributed by atoms with E-state index >= 15 is 0 Å². The van der Waals surface area contributed by atoms with Crippen molar-refractivity contribution in [1.82, 2.24) is 5.32 Å². The van der Waals surface area contributed by atoms with Crippen molar-refractivity contribution < 1.29 is 4.79 Å². The molecule has 0 radical (unpaired) electrons. The Bertz CT molecular complexity index is 325. The molecular weight excluding hydrogens is 347 g/mol. The number of hydrogen-bond acceptors (Lipinski definition) is 3. The minimum atomic E-state index is -0.316. The molecule has 3 N–H and O–H groups in total. The number of carbonyl (C=O) groups is 1. The first kappa shape index (κ1) is 19.4. The number of nitrogens with two attached hydrogens (primary N) is 1. The van der Waals surface area contributed by atoms with Gasteiger partial charge in [-0.25, -0.2) is 0 Å². The van der Waals surface area contributed by atoms with Crippen LogP contribution in [0.5, 0.6) is 0 Å². The topological polar surface area (TPSA) is 55.1 Å². The maximum Gasteiger partial charge on any atom is 0.231 e. The van der Waals surface area contributed by atoms with Gasteiger partial charge in [0.2, 0.25) is 5.91 Å². The molecule has 0 bridgehead atoms. The minimum Gasteiger partial charge on any atom is -0.369 e. The van der Waals surface area contributed by atoms with E-state index in [0.29, 0.717) is 0 Å². The van der Waals surface area contributed by atoms with E-state index in [0.717, 1.165) is 16.8 Å². The summed E-state index contributed by atoms with van der Waals surface area (Å²) in [5, 5.41) is 2.96. The standard InChI is InChI=1S/C10H13BrN2OS.2ClH/c11-8-1-3-9(4-2-8)15-6-5-13-7-10(12)14;;/h1-4,13H,5-7H2,(H2,12,14);2*1H. The molecule has 0 unspecified atom stereocenters. The number of thioether (sulfide) groups is 1. The highest BCUT2D eigenvalue weighted by Gasteiger charge is 1.95. The van der Waals surface area contributed by atoms with Crippen LogP contribution < -0.4 is 11.1 Å². The molecule has 0 heterocycles. The van der Waals surface area contributed by atoms with E-state index in [1.54, 1.807) is 11.8 Å². The molecular formula is C10H15BrCl2N2OS. The number of rotatable bonds is 6. The molecule has 0 atom stereocenters. The third-order valence-corrected chi connectivity index (χ3v) is 3.20. The number of amides is 1. The van der Waals surface area contributed by atoms with Gasteiger partial charge in [0.1, 0.15) is 0 Å². The average molecular weight is 362 g/mol. The van der Waals surface area contributed by atoms with Gasteiger partial charge in [-0.1, -0.05) is 15.9 Å². The van der Waals surface area contributed by atoms with Crippen LogP contribution in [0.25, 0.3) is 0 Å². The third-order valence-electron chi connectivity index (χ3n) is 1.66. The van der Waals surface area contributed by atoms with Crippen molar-refractivity contribution in [2.45, 2.75) is 4.90 Å². The fraction of sp³-hybridized carbons (Fsp3) is 0.300. The van der Waals surface area contributed by atoms with Crippen LogP contribution in [0.2, 0.25) is 0 Å². The highest BCUT2D eigenvalue weighted by atomic mass is 79.9. The third kappa shape index (κ3) is 9.73. The predicted molar refractivity (Wildman–Crippen MR) is 81.4 cm³/mol. The Kier molecular flexibility index (Phi) is 12.7. The Morgan fingerprint density at radius 1 is 1.29 bits per heavy atom. The summed E-state index contributed by atoms with van der Waals surface area (Å²) >= 11 is 5.13. The van der Waals surface area contributed by atoms with Gasteiger partial charge in [-0.3, -0.25) is 4.79 Å².